The van der Waals surface area contributed by atoms with Crippen LogP contribution in [0.5, 0.6) is 0 Å². The van der Waals surface area contributed by atoms with Crippen LogP contribution in [0.3, 0.4) is 0 Å². The normalized spacial score (nSPS) is 12.0. The van der Waals surface area contributed by atoms with Crippen molar-refractivity contribution in [2.75, 3.05) is 0 Å². The van der Waals surface area contributed by atoms with Crippen LogP contribution in [0.1, 0.15) is 40.5 Å². The van der Waals surface area contributed by atoms with Crippen LogP contribution in [0.4, 0.5) is 0 Å². The number of aryl methyl sites for hydroxylation is 2. The summed E-state index contributed by atoms with van der Waals surface area (Å²) in [5.41, 5.74) is 5.34. The molecule has 0 saturated heterocycles. The van der Waals surface area contributed by atoms with E-state index in [1.54, 1.807) is 12.4 Å². The van der Waals surface area contributed by atoms with Crippen molar-refractivity contribution in [3.63, 3.8) is 0 Å². The van der Waals surface area contributed by atoms with Crippen LogP contribution in [-0.4, -0.2) is 20.7 Å². The van der Waals surface area contributed by atoms with Crippen molar-refractivity contribution in [3.8, 4) is 0 Å². The minimum atomic E-state index is -0.178. The standard InChI is InChI=1S/C21H24N4O/c1-15-19(16(2)25(3)24-15)9-10-20(26)23-21(17-7-5-4-6-8-17)18-11-13-22-14-12-18/h4-8,11-14,21H,9-10H2,1-3H3,(H,23,26). The van der Waals surface area contributed by atoms with E-state index in [0.29, 0.717) is 12.8 Å². The quantitative estimate of drug-likeness (QED) is 0.744. The number of aromatic nitrogens is 3. The van der Waals surface area contributed by atoms with Crippen molar-refractivity contribution in [2.24, 2.45) is 7.05 Å². The van der Waals surface area contributed by atoms with Crippen LogP contribution in [-0.2, 0) is 18.3 Å². The monoisotopic (exact) mass is 348 g/mol. The van der Waals surface area contributed by atoms with Crippen LogP contribution < -0.4 is 5.32 Å². The van der Waals surface area contributed by atoms with Crippen LogP contribution in [0.2, 0.25) is 0 Å². The Kier molecular flexibility index (Phi) is 5.46. The molecule has 1 aromatic carbocycles. The molecule has 3 aromatic rings. The number of rotatable bonds is 6. The summed E-state index contributed by atoms with van der Waals surface area (Å²) in [4.78, 5) is 16.7. The van der Waals surface area contributed by atoms with E-state index in [-0.39, 0.29) is 11.9 Å². The summed E-state index contributed by atoms with van der Waals surface area (Å²) in [5.74, 6) is 0.0262. The zero-order valence-corrected chi connectivity index (χ0v) is 15.4. The molecule has 0 radical (unpaired) electrons. The van der Waals surface area contributed by atoms with Gasteiger partial charge in [0.15, 0.2) is 0 Å². The summed E-state index contributed by atoms with van der Waals surface area (Å²) in [7, 11) is 1.93. The van der Waals surface area contributed by atoms with Gasteiger partial charge in [-0.1, -0.05) is 30.3 Å². The Balaban J connectivity index is 1.74. The molecule has 0 aliphatic carbocycles. The molecule has 0 fully saturated rings. The highest BCUT2D eigenvalue weighted by molar-refractivity contribution is 5.77. The van der Waals surface area contributed by atoms with E-state index in [1.165, 1.54) is 0 Å². The van der Waals surface area contributed by atoms with Crippen LogP contribution >= 0.6 is 0 Å². The third-order valence-electron chi connectivity index (χ3n) is 4.74. The molecule has 1 amide bonds. The van der Waals surface area contributed by atoms with E-state index < -0.39 is 0 Å². The summed E-state index contributed by atoms with van der Waals surface area (Å²) in [6, 6.07) is 13.7. The predicted molar refractivity (Wildman–Crippen MR) is 102 cm³/mol. The Bertz CT molecular complexity index is 832. The third-order valence-corrected chi connectivity index (χ3v) is 4.74. The largest absolute Gasteiger partial charge is 0.345 e. The Morgan fingerprint density at radius 3 is 2.35 bits per heavy atom. The van der Waals surface area contributed by atoms with Gasteiger partial charge in [-0.25, -0.2) is 0 Å². The van der Waals surface area contributed by atoms with Crippen LogP contribution in [0.15, 0.2) is 54.9 Å². The van der Waals surface area contributed by atoms with Gasteiger partial charge in [-0.2, -0.15) is 5.10 Å². The molecule has 0 aliphatic rings. The Labute approximate surface area is 154 Å². The van der Waals surface area contributed by atoms with Crippen LogP contribution in [0, 0.1) is 13.8 Å². The highest BCUT2D eigenvalue weighted by Gasteiger charge is 2.18. The third kappa shape index (κ3) is 3.99. The molecule has 1 N–H and O–H groups in total. The molecule has 0 saturated carbocycles. The topological polar surface area (TPSA) is 59.8 Å². The van der Waals surface area contributed by atoms with Gasteiger partial charge in [0.05, 0.1) is 11.7 Å². The lowest BCUT2D eigenvalue weighted by Gasteiger charge is -2.20. The first-order chi connectivity index (χ1) is 12.6. The molecule has 3 rings (SSSR count). The van der Waals surface area contributed by atoms with E-state index in [2.05, 4.69) is 15.4 Å². The fraction of sp³-hybridized carbons (Fsp3) is 0.286. The van der Waals surface area contributed by atoms with E-state index >= 15 is 0 Å². The highest BCUT2D eigenvalue weighted by atomic mass is 16.1. The Morgan fingerprint density at radius 2 is 1.73 bits per heavy atom. The first-order valence-electron chi connectivity index (χ1n) is 8.79. The van der Waals surface area contributed by atoms with Gasteiger partial charge in [0.1, 0.15) is 0 Å². The minimum absolute atomic E-state index is 0.0262. The second kappa shape index (κ2) is 7.95. The van der Waals surface area contributed by atoms with E-state index in [9.17, 15) is 4.79 Å². The van der Waals surface area contributed by atoms with Crippen molar-refractivity contribution in [2.45, 2.75) is 32.7 Å². The molecule has 2 heterocycles. The lowest BCUT2D eigenvalue weighted by Crippen LogP contribution is -2.29. The second-order valence-corrected chi connectivity index (χ2v) is 6.46. The summed E-state index contributed by atoms with van der Waals surface area (Å²) in [6.07, 6.45) is 4.62. The van der Waals surface area contributed by atoms with Gasteiger partial charge in [0, 0.05) is 31.6 Å². The Hall–Kier alpha value is -2.95. The highest BCUT2D eigenvalue weighted by Crippen LogP contribution is 2.22. The summed E-state index contributed by atoms with van der Waals surface area (Å²) < 4.78 is 1.87. The lowest BCUT2D eigenvalue weighted by atomic mass is 9.99. The number of benzene rings is 1. The molecule has 1 atom stereocenters. The number of pyridine rings is 1. The van der Waals surface area contributed by atoms with Crippen molar-refractivity contribution in [1.82, 2.24) is 20.1 Å². The van der Waals surface area contributed by atoms with Crippen molar-refractivity contribution in [3.05, 3.63) is 82.9 Å². The number of amides is 1. The second-order valence-electron chi connectivity index (χ2n) is 6.46. The fourth-order valence-corrected chi connectivity index (χ4v) is 3.21. The zero-order valence-electron chi connectivity index (χ0n) is 15.4. The molecule has 5 nitrogen and oxygen atoms in total. The van der Waals surface area contributed by atoms with Gasteiger partial charge >= 0.3 is 0 Å². The Morgan fingerprint density at radius 1 is 1.08 bits per heavy atom. The van der Waals surface area contributed by atoms with Gasteiger partial charge in [-0.05, 0) is 49.1 Å². The average molecular weight is 348 g/mol. The van der Waals surface area contributed by atoms with Gasteiger partial charge in [-0.15, -0.1) is 0 Å². The SMILES string of the molecule is Cc1nn(C)c(C)c1CCC(=O)NC(c1ccccc1)c1ccncc1. The number of nitrogens with zero attached hydrogens (tertiary/aromatic N) is 3. The van der Waals surface area contributed by atoms with E-state index in [1.807, 2.05) is 68.0 Å². The van der Waals surface area contributed by atoms with Crippen LogP contribution in [0.25, 0.3) is 0 Å². The number of carbonyl (C=O) groups is 1. The minimum Gasteiger partial charge on any atom is -0.345 e. The summed E-state index contributed by atoms with van der Waals surface area (Å²) in [5, 5.41) is 7.59. The van der Waals surface area contributed by atoms with Gasteiger partial charge in [0.2, 0.25) is 5.91 Å². The van der Waals surface area contributed by atoms with Gasteiger partial charge in [-0.3, -0.25) is 14.5 Å². The average Bonchev–Trinajstić information content (AvgIpc) is 2.91. The molecule has 5 heteroatoms. The summed E-state index contributed by atoms with van der Waals surface area (Å²) >= 11 is 0. The molecule has 2 aromatic heterocycles. The van der Waals surface area contributed by atoms with Crippen molar-refractivity contribution < 1.29 is 4.79 Å². The van der Waals surface area contributed by atoms with E-state index in [0.717, 1.165) is 28.1 Å². The van der Waals surface area contributed by atoms with E-state index in [4.69, 9.17) is 0 Å². The smallest absolute Gasteiger partial charge is 0.221 e. The summed E-state index contributed by atoms with van der Waals surface area (Å²) in [6.45, 7) is 4.03. The number of nitrogens with one attached hydrogen (secondary N) is 1. The zero-order chi connectivity index (χ0) is 18.5. The molecule has 0 spiro atoms. The molecular formula is C21H24N4O. The maximum Gasteiger partial charge on any atom is 0.221 e. The van der Waals surface area contributed by atoms with Crippen molar-refractivity contribution >= 4 is 5.91 Å². The molecule has 0 bridgehead atoms. The van der Waals surface area contributed by atoms with Gasteiger partial charge in [0.25, 0.3) is 0 Å². The molecule has 0 aliphatic heterocycles. The molecule has 26 heavy (non-hydrogen) atoms. The first kappa shape index (κ1) is 17.9. The lowest BCUT2D eigenvalue weighted by molar-refractivity contribution is -0.121. The molecule has 1 unspecified atom stereocenters. The number of hydrogen-bond acceptors (Lipinski definition) is 3. The molecular weight excluding hydrogens is 324 g/mol. The fourth-order valence-electron chi connectivity index (χ4n) is 3.21. The maximum atomic E-state index is 12.6. The predicted octanol–water partition coefficient (Wildman–Crippen LogP) is 3.27. The maximum absolute atomic E-state index is 12.6. The first-order valence-corrected chi connectivity index (χ1v) is 8.79. The molecule has 134 valence electrons. The number of hydrogen-bond donors (Lipinski definition) is 1. The van der Waals surface area contributed by atoms with Gasteiger partial charge < -0.3 is 5.32 Å². The number of carbonyl (C=O) groups excluding carboxylic acids is 1. The van der Waals surface area contributed by atoms with Crippen molar-refractivity contribution in [1.29, 1.82) is 0 Å².